The number of hydrogen-bond donors (Lipinski definition) is 1. The Hall–Kier alpha value is -2.93. The van der Waals surface area contributed by atoms with Crippen LogP contribution in [0, 0.1) is 0 Å². The maximum Gasteiger partial charge on any atom is 0.387 e. The molecule has 7 heteroatoms. The summed E-state index contributed by atoms with van der Waals surface area (Å²) in [5.74, 6) is 0.584. The molecule has 1 amide bonds. The number of nitrogens with zero attached hydrogens (tertiary/aromatic N) is 1. The topological polar surface area (TPSA) is 50.8 Å². The van der Waals surface area contributed by atoms with Crippen LogP contribution in [0.2, 0.25) is 0 Å². The molecule has 0 saturated carbocycles. The van der Waals surface area contributed by atoms with Crippen LogP contribution in [0.25, 0.3) is 5.57 Å². The average molecular weight is 443 g/mol. The maximum absolute atomic E-state index is 13.1. The van der Waals surface area contributed by atoms with E-state index in [9.17, 15) is 13.6 Å². The van der Waals surface area contributed by atoms with Gasteiger partial charge in [-0.05, 0) is 68.4 Å². The highest BCUT2D eigenvalue weighted by Crippen LogP contribution is 2.46. The second-order valence-corrected chi connectivity index (χ2v) is 8.04. The minimum atomic E-state index is -2.94. The van der Waals surface area contributed by atoms with E-state index in [-0.39, 0.29) is 11.7 Å². The van der Waals surface area contributed by atoms with Gasteiger partial charge in [0.2, 0.25) is 0 Å². The molecule has 0 radical (unpaired) electrons. The molecule has 0 atom stereocenters. The summed E-state index contributed by atoms with van der Waals surface area (Å²) >= 11 is 0. The first kappa shape index (κ1) is 22.3. The predicted molar refractivity (Wildman–Crippen MR) is 119 cm³/mol. The summed E-state index contributed by atoms with van der Waals surface area (Å²) in [4.78, 5) is 14.5. The van der Waals surface area contributed by atoms with Crippen molar-refractivity contribution in [2.75, 3.05) is 26.2 Å². The number of benzene rings is 2. The van der Waals surface area contributed by atoms with E-state index in [2.05, 4.69) is 5.32 Å². The molecule has 0 aromatic heterocycles. The summed E-state index contributed by atoms with van der Waals surface area (Å²) in [5.41, 5.74) is 2.21. The molecule has 170 valence electrons. The fourth-order valence-corrected chi connectivity index (χ4v) is 4.45. The highest BCUT2D eigenvalue weighted by atomic mass is 19.3. The third kappa shape index (κ3) is 4.35. The monoisotopic (exact) mass is 442 g/mol. The number of ether oxygens (including phenoxy) is 2. The van der Waals surface area contributed by atoms with E-state index in [1.807, 2.05) is 32.1 Å². The van der Waals surface area contributed by atoms with E-state index in [0.29, 0.717) is 30.0 Å². The molecule has 2 aromatic carbocycles. The minimum absolute atomic E-state index is 0.0283. The van der Waals surface area contributed by atoms with Gasteiger partial charge in [0.05, 0.1) is 5.56 Å². The molecule has 1 spiro atoms. The lowest BCUT2D eigenvalue weighted by Gasteiger charge is -2.40. The summed E-state index contributed by atoms with van der Waals surface area (Å²) in [5, 5.41) is 3.34. The number of halogens is 2. The third-order valence-corrected chi connectivity index (χ3v) is 6.14. The average Bonchev–Trinajstić information content (AvgIpc) is 2.79. The van der Waals surface area contributed by atoms with E-state index < -0.39 is 12.2 Å². The second kappa shape index (κ2) is 9.28. The molecule has 1 fully saturated rings. The van der Waals surface area contributed by atoms with Crippen LogP contribution < -0.4 is 14.8 Å². The van der Waals surface area contributed by atoms with Crippen LogP contribution in [-0.4, -0.2) is 49.2 Å². The number of rotatable bonds is 6. The number of nitrogens with one attached hydrogen (secondary N) is 1. The van der Waals surface area contributed by atoms with Crippen molar-refractivity contribution in [1.82, 2.24) is 10.2 Å². The van der Waals surface area contributed by atoms with Gasteiger partial charge < -0.3 is 19.7 Å². The zero-order valence-corrected chi connectivity index (χ0v) is 18.4. The first-order valence-electron chi connectivity index (χ1n) is 11.1. The molecule has 2 heterocycles. The van der Waals surface area contributed by atoms with Crippen LogP contribution in [-0.2, 0) is 0 Å². The number of piperidine rings is 1. The van der Waals surface area contributed by atoms with Gasteiger partial charge in [0.25, 0.3) is 5.91 Å². The highest BCUT2D eigenvalue weighted by Gasteiger charge is 2.38. The second-order valence-electron chi connectivity index (χ2n) is 8.04. The van der Waals surface area contributed by atoms with Gasteiger partial charge in [-0.2, -0.15) is 8.78 Å². The number of alkyl halides is 2. The molecule has 32 heavy (non-hydrogen) atoms. The number of hydrogen-bond acceptors (Lipinski definition) is 4. The van der Waals surface area contributed by atoms with Gasteiger partial charge in [0.15, 0.2) is 0 Å². The summed E-state index contributed by atoms with van der Waals surface area (Å²) < 4.78 is 37.4. The van der Waals surface area contributed by atoms with Crippen LogP contribution in [0.5, 0.6) is 11.5 Å². The van der Waals surface area contributed by atoms with Gasteiger partial charge in [-0.25, -0.2) is 0 Å². The molecule has 5 nitrogen and oxygen atoms in total. The van der Waals surface area contributed by atoms with Crippen molar-refractivity contribution in [3.63, 3.8) is 0 Å². The summed E-state index contributed by atoms with van der Waals surface area (Å²) in [6.07, 6.45) is 3.58. The van der Waals surface area contributed by atoms with Crippen LogP contribution in [0.1, 0.15) is 48.2 Å². The number of carbonyl (C=O) groups excluding carboxylic acids is 1. The Labute approximate surface area is 187 Å². The zero-order valence-electron chi connectivity index (χ0n) is 18.4. The molecule has 2 aromatic rings. The molecule has 4 rings (SSSR count). The van der Waals surface area contributed by atoms with E-state index in [1.54, 1.807) is 29.2 Å². The van der Waals surface area contributed by atoms with E-state index >= 15 is 0 Å². The minimum Gasteiger partial charge on any atom is -0.482 e. The number of fused-ring (bicyclic) bond motifs is 1. The Kier molecular flexibility index (Phi) is 6.46. The predicted octanol–water partition coefficient (Wildman–Crippen LogP) is 4.72. The van der Waals surface area contributed by atoms with E-state index in [0.717, 1.165) is 37.1 Å². The molecular weight excluding hydrogens is 414 g/mol. The molecule has 1 N–H and O–H groups in total. The van der Waals surface area contributed by atoms with E-state index in [1.165, 1.54) is 6.07 Å². The van der Waals surface area contributed by atoms with Crippen molar-refractivity contribution < 1.29 is 23.0 Å². The summed E-state index contributed by atoms with van der Waals surface area (Å²) in [6, 6.07) is 12.3. The molecule has 2 aliphatic rings. The quantitative estimate of drug-likeness (QED) is 0.704. The lowest BCUT2D eigenvalue weighted by Crippen LogP contribution is -2.46. The number of carbonyl (C=O) groups is 1. The normalized spacial score (nSPS) is 16.8. The lowest BCUT2D eigenvalue weighted by molar-refractivity contribution is -0.0503. The fourth-order valence-electron chi connectivity index (χ4n) is 4.45. The lowest BCUT2D eigenvalue weighted by atomic mass is 9.83. The molecule has 0 bridgehead atoms. The molecule has 2 aliphatic heterocycles. The molecule has 1 saturated heterocycles. The molecule has 0 aliphatic carbocycles. The zero-order chi connectivity index (χ0) is 22.7. The Morgan fingerprint density at radius 1 is 1.12 bits per heavy atom. The van der Waals surface area contributed by atoms with Crippen molar-refractivity contribution >= 4 is 11.5 Å². The van der Waals surface area contributed by atoms with Gasteiger partial charge in [0.1, 0.15) is 17.1 Å². The SMILES string of the molecule is CCN(CC)C(=O)c1ccc(C2=CC3(CCNCC3)Oc3cccc(OC(F)F)c32)cc1. The largest absolute Gasteiger partial charge is 0.482 e. The van der Waals surface area contributed by atoms with Crippen LogP contribution in [0.3, 0.4) is 0 Å². The van der Waals surface area contributed by atoms with E-state index in [4.69, 9.17) is 9.47 Å². The fraction of sp³-hybridized carbons (Fsp3) is 0.400. The standard InChI is InChI=1S/C25H28F2N2O3/c1-3-29(4-2)23(30)18-10-8-17(9-11-18)19-16-25(12-14-28-15-13-25)32-21-7-5-6-20(22(19)21)31-24(26)27/h5-11,16,24,28H,3-4,12-15H2,1-2H3. The van der Waals surface area contributed by atoms with Crippen molar-refractivity contribution in [1.29, 1.82) is 0 Å². The van der Waals surface area contributed by atoms with Crippen LogP contribution >= 0.6 is 0 Å². The van der Waals surface area contributed by atoms with Crippen molar-refractivity contribution in [3.05, 3.63) is 65.2 Å². The highest BCUT2D eigenvalue weighted by molar-refractivity contribution is 5.95. The van der Waals surface area contributed by atoms with Gasteiger partial charge in [0, 0.05) is 31.5 Å². The van der Waals surface area contributed by atoms with Crippen molar-refractivity contribution in [3.8, 4) is 11.5 Å². The molecular formula is C25H28F2N2O3. The summed E-state index contributed by atoms with van der Waals surface area (Å²) in [6.45, 7) is 3.85. The molecule has 0 unspecified atom stereocenters. The van der Waals surface area contributed by atoms with Gasteiger partial charge in [-0.1, -0.05) is 18.2 Å². The Bertz CT molecular complexity index is 995. The smallest absolute Gasteiger partial charge is 0.387 e. The summed E-state index contributed by atoms with van der Waals surface area (Å²) in [7, 11) is 0. The van der Waals surface area contributed by atoms with Crippen LogP contribution in [0.15, 0.2) is 48.5 Å². The van der Waals surface area contributed by atoms with Crippen LogP contribution in [0.4, 0.5) is 8.78 Å². The first-order chi connectivity index (χ1) is 15.5. The van der Waals surface area contributed by atoms with Crippen molar-refractivity contribution in [2.45, 2.75) is 38.9 Å². The Morgan fingerprint density at radius 2 is 1.81 bits per heavy atom. The van der Waals surface area contributed by atoms with Gasteiger partial charge >= 0.3 is 6.61 Å². The maximum atomic E-state index is 13.1. The van der Waals surface area contributed by atoms with Gasteiger partial charge in [-0.3, -0.25) is 4.79 Å². The third-order valence-electron chi connectivity index (χ3n) is 6.14. The Morgan fingerprint density at radius 3 is 2.44 bits per heavy atom. The first-order valence-corrected chi connectivity index (χ1v) is 11.1. The van der Waals surface area contributed by atoms with Crippen molar-refractivity contribution in [2.24, 2.45) is 0 Å². The van der Waals surface area contributed by atoms with Gasteiger partial charge in [-0.15, -0.1) is 0 Å². The number of amides is 1. The Balaban J connectivity index is 1.77.